The molecule has 2 aromatic heterocycles. The molecule has 0 radical (unpaired) electrons. The minimum Gasteiger partial charge on any atom is -0.355 e. The van der Waals surface area contributed by atoms with Crippen LogP contribution in [0, 0.1) is 0 Å². The highest BCUT2D eigenvalue weighted by Crippen LogP contribution is 2.34. The Morgan fingerprint density at radius 3 is 2.81 bits per heavy atom. The van der Waals surface area contributed by atoms with Gasteiger partial charge in [0.25, 0.3) is 0 Å². The Bertz CT molecular complexity index is 798. The lowest BCUT2D eigenvalue weighted by Gasteiger charge is -2.02. The second kappa shape index (κ2) is 5.19. The maximum Gasteiger partial charge on any atom is 0.247 e. The molecule has 1 atom stereocenters. The van der Waals surface area contributed by atoms with Gasteiger partial charge in [-0.25, -0.2) is 18.4 Å². The third-order valence-corrected chi connectivity index (χ3v) is 5.35. The highest BCUT2D eigenvalue weighted by atomic mass is 32.2. The summed E-state index contributed by atoms with van der Waals surface area (Å²) in [6, 6.07) is 5.55. The third-order valence-electron chi connectivity index (χ3n) is 3.22. The predicted molar refractivity (Wildman–Crippen MR) is 78.8 cm³/mol. The molecule has 0 saturated carbocycles. The summed E-state index contributed by atoms with van der Waals surface area (Å²) < 4.78 is 23.0. The summed E-state index contributed by atoms with van der Waals surface area (Å²) in [5.41, 5.74) is 0.582. The smallest absolute Gasteiger partial charge is 0.247 e. The molecule has 6 nitrogen and oxygen atoms in total. The molecule has 2 aromatic rings. The minimum atomic E-state index is -3.42. The molecule has 110 valence electrons. The number of amides is 1. The first-order chi connectivity index (χ1) is 9.93. The summed E-state index contributed by atoms with van der Waals surface area (Å²) in [7, 11) is -3.42. The van der Waals surface area contributed by atoms with Crippen LogP contribution in [0.2, 0.25) is 0 Å². The fourth-order valence-corrected chi connectivity index (χ4v) is 3.77. The van der Waals surface area contributed by atoms with E-state index < -0.39 is 9.84 Å². The van der Waals surface area contributed by atoms with Crippen LogP contribution in [-0.4, -0.2) is 37.1 Å². The van der Waals surface area contributed by atoms with E-state index in [1.54, 1.807) is 6.07 Å². The lowest BCUT2D eigenvalue weighted by atomic mass is 10.1. The standard InChI is InChI=1S/C13H13N3O3S2/c1-21(18,19)13-14-5-4-9(16-13)11-3-2-10(20-11)8-6-12(17)15-7-8/h2-5,8H,6-7H2,1H3,(H,15,17). The largest absolute Gasteiger partial charge is 0.355 e. The molecule has 0 aliphatic carbocycles. The number of carbonyl (C=O) groups excluding carboxylic acids is 1. The van der Waals surface area contributed by atoms with E-state index in [2.05, 4.69) is 15.3 Å². The molecule has 3 heterocycles. The van der Waals surface area contributed by atoms with E-state index in [4.69, 9.17) is 0 Å². The van der Waals surface area contributed by atoms with Gasteiger partial charge in [-0.05, 0) is 18.2 Å². The van der Waals surface area contributed by atoms with Crippen molar-refractivity contribution in [3.63, 3.8) is 0 Å². The summed E-state index contributed by atoms with van der Waals surface area (Å²) in [4.78, 5) is 21.1. The number of nitrogens with zero attached hydrogens (tertiary/aromatic N) is 2. The predicted octanol–water partition coefficient (Wildman–Crippen LogP) is 1.21. The SMILES string of the molecule is CS(=O)(=O)c1nccc(-c2ccc(C3CNC(=O)C3)s2)n1. The van der Waals surface area contributed by atoms with E-state index in [9.17, 15) is 13.2 Å². The molecule has 0 aromatic carbocycles. The first kappa shape index (κ1) is 14.2. The van der Waals surface area contributed by atoms with Crippen LogP contribution < -0.4 is 5.32 Å². The van der Waals surface area contributed by atoms with Crippen molar-refractivity contribution in [1.82, 2.24) is 15.3 Å². The first-order valence-electron chi connectivity index (χ1n) is 6.33. The van der Waals surface area contributed by atoms with Crippen molar-refractivity contribution in [3.8, 4) is 10.6 Å². The second-order valence-corrected chi connectivity index (χ2v) is 7.93. The van der Waals surface area contributed by atoms with Crippen LogP contribution in [0.5, 0.6) is 0 Å². The zero-order chi connectivity index (χ0) is 15.0. The number of hydrogen-bond acceptors (Lipinski definition) is 6. The Hall–Kier alpha value is -1.80. The molecule has 1 aliphatic heterocycles. The Kier molecular flexibility index (Phi) is 3.50. The minimum absolute atomic E-state index is 0.0661. The van der Waals surface area contributed by atoms with Crippen LogP contribution in [0.4, 0.5) is 0 Å². The van der Waals surface area contributed by atoms with E-state index >= 15 is 0 Å². The molecule has 1 amide bonds. The molecule has 0 spiro atoms. The zero-order valence-electron chi connectivity index (χ0n) is 11.2. The summed E-state index contributed by atoms with van der Waals surface area (Å²) in [5, 5.41) is 2.64. The zero-order valence-corrected chi connectivity index (χ0v) is 12.9. The van der Waals surface area contributed by atoms with Crippen LogP contribution in [0.1, 0.15) is 17.2 Å². The maximum absolute atomic E-state index is 11.5. The van der Waals surface area contributed by atoms with Gasteiger partial charge >= 0.3 is 0 Å². The van der Waals surface area contributed by atoms with E-state index in [0.717, 1.165) is 16.0 Å². The Labute approximate surface area is 126 Å². The average Bonchev–Trinajstić information content (AvgIpc) is 3.06. The summed E-state index contributed by atoms with van der Waals surface area (Å²) in [5.74, 6) is 0.254. The molecule has 8 heteroatoms. The van der Waals surface area contributed by atoms with Crippen LogP contribution in [0.25, 0.3) is 10.6 Å². The van der Waals surface area contributed by atoms with Gasteiger partial charge in [0.05, 0.1) is 10.6 Å². The van der Waals surface area contributed by atoms with Gasteiger partial charge in [-0.3, -0.25) is 4.79 Å². The molecule has 21 heavy (non-hydrogen) atoms. The number of thiophene rings is 1. The van der Waals surface area contributed by atoms with Gasteiger partial charge in [0.2, 0.25) is 20.9 Å². The number of carbonyl (C=O) groups is 1. The number of aromatic nitrogens is 2. The Balaban J connectivity index is 1.91. The van der Waals surface area contributed by atoms with E-state index in [1.807, 2.05) is 12.1 Å². The monoisotopic (exact) mass is 323 g/mol. The topological polar surface area (TPSA) is 89.0 Å². The van der Waals surface area contributed by atoms with Gasteiger partial charge in [-0.15, -0.1) is 11.3 Å². The van der Waals surface area contributed by atoms with Crippen molar-refractivity contribution < 1.29 is 13.2 Å². The van der Waals surface area contributed by atoms with Crippen LogP contribution in [0.3, 0.4) is 0 Å². The summed E-state index contributed by atoms with van der Waals surface area (Å²) >= 11 is 1.53. The first-order valence-corrected chi connectivity index (χ1v) is 9.04. The molecule has 1 saturated heterocycles. The lowest BCUT2D eigenvalue weighted by molar-refractivity contribution is -0.119. The molecule has 1 N–H and O–H groups in total. The normalized spacial score (nSPS) is 18.7. The van der Waals surface area contributed by atoms with Gasteiger partial charge < -0.3 is 5.32 Å². The van der Waals surface area contributed by atoms with Crippen molar-refractivity contribution in [2.24, 2.45) is 0 Å². The second-order valence-electron chi connectivity index (χ2n) is 4.90. The van der Waals surface area contributed by atoms with Gasteiger partial charge in [0, 0.05) is 36.2 Å². The highest BCUT2D eigenvalue weighted by molar-refractivity contribution is 7.90. The van der Waals surface area contributed by atoms with E-state index in [-0.39, 0.29) is 17.0 Å². The van der Waals surface area contributed by atoms with Crippen molar-refractivity contribution in [1.29, 1.82) is 0 Å². The number of hydrogen-bond donors (Lipinski definition) is 1. The third kappa shape index (κ3) is 2.96. The molecular weight excluding hydrogens is 310 g/mol. The molecule has 1 fully saturated rings. The number of rotatable bonds is 3. The van der Waals surface area contributed by atoms with Crippen molar-refractivity contribution in [3.05, 3.63) is 29.3 Å². The van der Waals surface area contributed by atoms with Gasteiger partial charge in [0.15, 0.2) is 0 Å². The van der Waals surface area contributed by atoms with Crippen LogP contribution in [-0.2, 0) is 14.6 Å². The van der Waals surface area contributed by atoms with Gasteiger partial charge in [0.1, 0.15) is 0 Å². The molecule has 3 rings (SSSR count). The quantitative estimate of drug-likeness (QED) is 0.858. The Morgan fingerprint density at radius 2 is 2.14 bits per heavy atom. The Morgan fingerprint density at radius 1 is 1.33 bits per heavy atom. The van der Waals surface area contributed by atoms with Crippen molar-refractivity contribution in [2.45, 2.75) is 17.5 Å². The number of nitrogens with one attached hydrogen (secondary N) is 1. The van der Waals surface area contributed by atoms with Crippen LogP contribution in [0.15, 0.2) is 29.6 Å². The lowest BCUT2D eigenvalue weighted by Crippen LogP contribution is -2.13. The number of sulfone groups is 1. The highest BCUT2D eigenvalue weighted by Gasteiger charge is 2.24. The van der Waals surface area contributed by atoms with Gasteiger partial charge in [-0.1, -0.05) is 0 Å². The molecule has 1 unspecified atom stereocenters. The fourth-order valence-electron chi connectivity index (χ4n) is 2.17. The average molecular weight is 323 g/mol. The fraction of sp³-hybridized carbons (Fsp3) is 0.308. The summed E-state index contributed by atoms with van der Waals surface area (Å²) in [6.07, 6.45) is 3.03. The molecule has 0 bridgehead atoms. The van der Waals surface area contributed by atoms with Crippen LogP contribution >= 0.6 is 11.3 Å². The molecule has 1 aliphatic rings. The van der Waals surface area contributed by atoms with E-state index in [0.29, 0.717) is 18.7 Å². The maximum atomic E-state index is 11.5. The molecular formula is C13H13N3O3S2. The van der Waals surface area contributed by atoms with E-state index in [1.165, 1.54) is 17.5 Å². The van der Waals surface area contributed by atoms with Crippen molar-refractivity contribution in [2.75, 3.05) is 12.8 Å². The summed E-state index contributed by atoms with van der Waals surface area (Å²) in [6.45, 7) is 0.650. The van der Waals surface area contributed by atoms with Crippen molar-refractivity contribution >= 4 is 27.1 Å². The van der Waals surface area contributed by atoms with Gasteiger partial charge in [-0.2, -0.15) is 0 Å².